The SMILES string of the molecule is Cn1c(=O)[nH]c(=O)c2[nH]c(C(F)(F)F)nc21.S=PP=S=S=S=S. The fraction of sp³-hybridized carbons (Fsp3) is 0.286. The number of aromatic amines is 2. The quantitative estimate of drug-likeness (QED) is 0.639. The summed E-state index contributed by atoms with van der Waals surface area (Å²) >= 11 is 9.23. The van der Waals surface area contributed by atoms with Gasteiger partial charge in [0.25, 0.3) is 5.56 Å². The Bertz CT molecular complexity index is 979. The van der Waals surface area contributed by atoms with Crippen LogP contribution >= 0.6 is 14.1 Å². The molecule has 0 aliphatic heterocycles. The van der Waals surface area contributed by atoms with Crippen molar-refractivity contribution in [2.75, 3.05) is 0 Å². The number of nitrogens with one attached hydrogen (secondary N) is 2. The highest BCUT2D eigenvalue weighted by Crippen LogP contribution is 2.27. The number of hydrogen-bond acceptors (Lipinski definition) is 5. The molecule has 16 heteroatoms. The van der Waals surface area contributed by atoms with Crippen molar-refractivity contribution in [3.63, 3.8) is 0 Å². The number of aromatic nitrogens is 4. The molecule has 2 heterocycles. The fourth-order valence-electron chi connectivity index (χ4n) is 1.28. The van der Waals surface area contributed by atoms with Gasteiger partial charge in [-0.2, -0.15) is 13.2 Å². The van der Waals surface area contributed by atoms with Crippen molar-refractivity contribution in [1.82, 2.24) is 19.5 Å². The van der Waals surface area contributed by atoms with Crippen LogP contribution in [0.2, 0.25) is 0 Å². The largest absolute Gasteiger partial charge is 0.449 e. The summed E-state index contributed by atoms with van der Waals surface area (Å²) in [4.78, 5) is 29.1. The molecule has 0 saturated carbocycles. The molecule has 0 atom stereocenters. The van der Waals surface area contributed by atoms with Gasteiger partial charge in [0.05, 0.1) is 0 Å². The van der Waals surface area contributed by atoms with Crippen LogP contribution in [-0.4, -0.2) is 19.5 Å². The minimum absolute atomic E-state index is 0.332. The lowest BCUT2D eigenvalue weighted by molar-refractivity contribution is -0.144. The van der Waals surface area contributed by atoms with E-state index in [0.717, 1.165) is 11.6 Å². The van der Waals surface area contributed by atoms with Crippen LogP contribution in [0.25, 0.3) is 11.2 Å². The Labute approximate surface area is 147 Å². The van der Waals surface area contributed by atoms with Gasteiger partial charge < -0.3 is 4.98 Å². The van der Waals surface area contributed by atoms with E-state index in [2.05, 4.69) is 28.0 Å². The van der Waals surface area contributed by atoms with Gasteiger partial charge >= 0.3 is 11.9 Å². The van der Waals surface area contributed by atoms with Crippen molar-refractivity contribution < 1.29 is 13.2 Å². The van der Waals surface area contributed by atoms with Crippen LogP contribution in [-0.2, 0) is 63.5 Å². The highest BCUT2D eigenvalue weighted by molar-refractivity contribution is 8.63. The molecule has 0 radical (unpaired) electrons. The van der Waals surface area contributed by atoms with Crippen molar-refractivity contribution in [1.29, 1.82) is 0 Å². The third kappa shape index (κ3) is 5.89. The van der Waals surface area contributed by atoms with Gasteiger partial charge in [-0.1, -0.05) is 0 Å². The molecule has 0 aliphatic rings. The maximum atomic E-state index is 12.3. The Morgan fingerprint density at radius 3 is 2.48 bits per heavy atom. The van der Waals surface area contributed by atoms with Crippen molar-refractivity contribution in [3.05, 3.63) is 26.7 Å². The van der Waals surface area contributed by atoms with E-state index in [1.165, 1.54) is 23.0 Å². The molecule has 0 aliphatic carbocycles. The van der Waals surface area contributed by atoms with Gasteiger partial charge in [-0.15, -0.1) is 0 Å². The molecular weight excluding hydrogens is 451 g/mol. The summed E-state index contributed by atoms with van der Waals surface area (Å²) in [5.74, 6) is -1.31. The fourth-order valence-corrected chi connectivity index (χ4v) is 10.9. The second-order valence-corrected chi connectivity index (χ2v) is 13.2. The van der Waals surface area contributed by atoms with Crippen LogP contribution < -0.4 is 11.2 Å². The van der Waals surface area contributed by atoms with Gasteiger partial charge in [-0.3, -0.25) is 14.3 Å². The number of H-pyrrole nitrogens is 2. The summed E-state index contributed by atoms with van der Waals surface area (Å²) in [6, 6.07) is 0. The molecule has 0 bridgehead atoms. The molecule has 6 nitrogen and oxygen atoms in total. The van der Waals surface area contributed by atoms with E-state index in [1.807, 2.05) is 9.97 Å². The third-order valence-electron chi connectivity index (χ3n) is 2.15. The molecule has 0 saturated heterocycles. The molecule has 0 unspecified atom stereocenters. The van der Waals surface area contributed by atoms with E-state index in [4.69, 9.17) is 0 Å². The molecule has 126 valence electrons. The summed E-state index contributed by atoms with van der Waals surface area (Å²) in [6.07, 6.45) is -4.69. The summed E-state index contributed by atoms with van der Waals surface area (Å²) in [5.41, 5.74) is -2.46. The molecule has 2 aromatic heterocycles. The zero-order chi connectivity index (χ0) is 17.6. The first kappa shape index (κ1) is 20.7. The highest BCUT2D eigenvalue weighted by atomic mass is 33.3. The average molecular weight is 456 g/mol. The number of hydrogen-bond donors (Lipinski definition) is 2. The first-order valence-electron chi connectivity index (χ1n) is 5.13. The van der Waals surface area contributed by atoms with Crippen LogP contribution in [0, 0.1) is 0 Å². The Morgan fingerprint density at radius 2 is 1.96 bits per heavy atom. The van der Waals surface area contributed by atoms with E-state index in [0.29, 0.717) is 0 Å². The zero-order valence-electron chi connectivity index (χ0n) is 10.8. The van der Waals surface area contributed by atoms with Gasteiger partial charge in [0.1, 0.15) is 5.52 Å². The summed E-state index contributed by atoms with van der Waals surface area (Å²) in [7, 11) is 8.04. The monoisotopic (exact) mass is 456 g/mol. The van der Waals surface area contributed by atoms with Crippen molar-refractivity contribution in [3.8, 4) is 0 Å². The molecular formula is C7H5F3N4O2P2S5. The minimum Gasteiger partial charge on any atom is -0.328 e. The van der Waals surface area contributed by atoms with E-state index < -0.39 is 23.2 Å². The van der Waals surface area contributed by atoms with Crippen LogP contribution in [0.3, 0.4) is 0 Å². The number of imidazole rings is 1. The number of alkyl halides is 3. The van der Waals surface area contributed by atoms with Gasteiger partial charge in [-0.25, -0.2) is 9.78 Å². The van der Waals surface area contributed by atoms with Crippen LogP contribution in [0.4, 0.5) is 13.2 Å². The second kappa shape index (κ2) is 9.21. The average Bonchev–Trinajstić information content (AvgIpc) is 2.92. The van der Waals surface area contributed by atoms with E-state index >= 15 is 0 Å². The Morgan fingerprint density at radius 1 is 1.30 bits per heavy atom. The van der Waals surface area contributed by atoms with Crippen molar-refractivity contribution in [2.45, 2.75) is 6.18 Å². The molecule has 0 fully saturated rings. The summed E-state index contributed by atoms with van der Waals surface area (Å²) in [5, 5.41) is 0. The van der Waals surface area contributed by atoms with Gasteiger partial charge in [0.15, 0.2) is 5.65 Å². The van der Waals surface area contributed by atoms with Gasteiger partial charge in [-0.05, 0) is 50.3 Å². The molecule has 2 aromatic rings. The highest BCUT2D eigenvalue weighted by Gasteiger charge is 2.35. The Kier molecular flexibility index (Phi) is 8.28. The number of rotatable bonds is 1. The number of fused-ring (bicyclic) bond motifs is 1. The second-order valence-electron chi connectivity index (χ2n) is 3.47. The molecule has 2 rings (SSSR count). The van der Waals surface area contributed by atoms with Gasteiger partial charge in [0, 0.05) is 21.1 Å². The Balaban J connectivity index is 0.000000322. The maximum Gasteiger partial charge on any atom is 0.449 e. The van der Waals surface area contributed by atoms with Crippen molar-refractivity contribution in [2.24, 2.45) is 7.05 Å². The Hall–Kier alpha value is -0.360. The van der Waals surface area contributed by atoms with E-state index in [9.17, 15) is 22.8 Å². The minimum atomic E-state index is -4.69. The van der Waals surface area contributed by atoms with E-state index in [-0.39, 0.29) is 11.2 Å². The zero-order valence-corrected chi connectivity index (χ0v) is 16.7. The number of aryl methyl sites for hydroxylation is 1. The van der Waals surface area contributed by atoms with Crippen molar-refractivity contribution >= 4 is 75.5 Å². The summed E-state index contributed by atoms with van der Waals surface area (Å²) in [6.45, 7) is 0. The predicted octanol–water partition coefficient (Wildman–Crippen LogP) is 1.68. The topological polar surface area (TPSA) is 83.5 Å². The lowest BCUT2D eigenvalue weighted by atomic mass is 10.5. The molecule has 0 amide bonds. The van der Waals surface area contributed by atoms with Crippen LogP contribution in [0.5, 0.6) is 0 Å². The van der Waals surface area contributed by atoms with Crippen LogP contribution in [0.15, 0.2) is 9.59 Å². The third-order valence-corrected chi connectivity index (χ3v) is 12.1. The molecule has 2 N–H and O–H groups in total. The first-order valence-corrected chi connectivity index (χ1v) is 13.7. The number of nitrogens with zero attached hydrogens (tertiary/aromatic N) is 2. The lowest BCUT2D eigenvalue weighted by Gasteiger charge is -1.98. The molecule has 0 aromatic carbocycles. The van der Waals surface area contributed by atoms with Crippen LogP contribution in [0.1, 0.15) is 5.82 Å². The number of halogens is 3. The van der Waals surface area contributed by atoms with Gasteiger partial charge in [0.2, 0.25) is 5.82 Å². The smallest absolute Gasteiger partial charge is 0.328 e. The lowest BCUT2D eigenvalue weighted by Crippen LogP contribution is -2.28. The van der Waals surface area contributed by atoms with E-state index in [1.54, 1.807) is 18.4 Å². The molecule has 0 spiro atoms. The maximum absolute atomic E-state index is 12.3. The first-order chi connectivity index (χ1) is 10.7. The predicted molar refractivity (Wildman–Crippen MR) is 97.6 cm³/mol. The molecule has 23 heavy (non-hydrogen) atoms. The summed E-state index contributed by atoms with van der Waals surface area (Å²) < 4.78 is 37.7. The standard InChI is InChI=1S/C7H5F3N4O2.P2S5/c1-14-3-2(4(15)13-6(14)16)11-5(12-3)7(8,9)10;3-1-2-5-7-6-4/h1H3,(H,11,12)(H,13,15,16);. The normalized spacial score (nSPS) is 11.1.